The molecule has 0 bridgehead atoms. The number of amides is 2. The number of benzene rings is 2. The van der Waals surface area contributed by atoms with E-state index in [1.54, 1.807) is 11.9 Å². The molecule has 7 nitrogen and oxygen atoms in total. The van der Waals surface area contributed by atoms with Crippen LogP contribution < -0.4 is 9.80 Å². The van der Waals surface area contributed by atoms with E-state index in [9.17, 15) is 23.5 Å². The Morgan fingerprint density at radius 2 is 2.06 bits per heavy atom. The zero-order chi connectivity index (χ0) is 25.9. The van der Waals surface area contributed by atoms with Crippen molar-refractivity contribution in [3.8, 4) is 16.9 Å². The van der Waals surface area contributed by atoms with Gasteiger partial charge in [-0.15, -0.1) is 0 Å². The van der Waals surface area contributed by atoms with Crippen LogP contribution >= 0.6 is 11.6 Å². The van der Waals surface area contributed by atoms with Gasteiger partial charge in [0, 0.05) is 42.2 Å². The first-order chi connectivity index (χ1) is 17.1. The molecule has 0 saturated carbocycles. The van der Waals surface area contributed by atoms with Crippen molar-refractivity contribution < 1.29 is 27.9 Å². The predicted octanol–water partition coefficient (Wildman–Crippen LogP) is 4.52. The molecule has 2 aromatic carbocycles. The molecule has 0 aliphatic carbocycles. The zero-order valence-corrected chi connectivity index (χ0v) is 19.8. The maximum absolute atomic E-state index is 16.0. The van der Waals surface area contributed by atoms with Crippen molar-refractivity contribution >= 4 is 45.7 Å². The first-order valence-corrected chi connectivity index (χ1v) is 11.4. The second-order valence-electron chi connectivity index (χ2n) is 8.57. The van der Waals surface area contributed by atoms with Crippen molar-refractivity contribution in [3.63, 3.8) is 0 Å². The van der Waals surface area contributed by atoms with Gasteiger partial charge in [0.1, 0.15) is 17.3 Å². The van der Waals surface area contributed by atoms with Gasteiger partial charge in [-0.3, -0.25) is 14.6 Å². The number of hydrogen-bond donors (Lipinski definition) is 1. The van der Waals surface area contributed by atoms with E-state index in [4.69, 9.17) is 11.6 Å². The van der Waals surface area contributed by atoms with Crippen molar-refractivity contribution in [1.82, 2.24) is 9.88 Å². The van der Waals surface area contributed by atoms with Gasteiger partial charge in [0.15, 0.2) is 5.82 Å². The monoisotopic (exact) mass is 516 g/mol. The summed E-state index contributed by atoms with van der Waals surface area (Å²) in [4.78, 5) is 34.2. The van der Waals surface area contributed by atoms with Crippen LogP contribution in [0.15, 0.2) is 43.1 Å². The standard InChI is InChI=1S/C25H20ClF3N4O3/c1-3-18(35)32-7-8-33-16(11-32)25(36)31(2)15-10-30-22-13(23(15)33)9-14(26)20(21(22)27)19-12(24(28)29)5-4-6-17(19)34/h3-6,9-10,16,24,34H,1,7-8,11H2,2H3/t16-/m1/s1. The number of phenolic OH excluding ortho intramolecular Hbond substituents is 1. The molecule has 2 amide bonds. The van der Waals surface area contributed by atoms with Gasteiger partial charge in [0.05, 0.1) is 29.1 Å². The van der Waals surface area contributed by atoms with E-state index in [1.807, 2.05) is 0 Å². The Labute approximate surface area is 209 Å². The van der Waals surface area contributed by atoms with E-state index < -0.39 is 35.2 Å². The molecule has 0 radical (unpaired) electrons. The van der Waals surface area contributed by atoms with E-state index in [0.29, 0.717) is 17.9 Å². The second kappa shape index (κ2) is 8.70. The Hall–Kier alpha value is -3.79. The molecule has 36 heavy (non-hydrogen) atoms. The molecule has 0 spiro atoms. The lowest BCUT2D eigenvalue weighted by atomic mass is 9.95. The van der Waals surface area contributed by atoms with Crippen molar-refractivity contribution in [2.45, 2.75) is 12.5 Å². The number of nitrogens with zero attached hydrogens (tertiary/aromatic N) is 4. The number of halogens is 4. The number of aromatic hydroxyl groups is 1. The number of hydrogen-bond acceptors (Lipinski definition) is 5. The van der Waals surface area contributed by atoms with Crippen molar-refractivity contribution in [2.24, 2.45) is 0 Å². The number of fused-ring (bicyclic) bond motifs is 5. The largest absolute Gasteiger partial charge is 0.507 e. The highest BCUT2D eigenvalue weighted by atomic mass is 35.5. The summed E-state index contributed by atoms with van der Waals surface area (Å²) in [5.41, 5.74) is -0.589. The first-order valence-electron chi connectivity index (χ1n) is 11.0. The van der Waals surface area contributed by atoms with E-state index in [2.05, 4.69) is 11.6 Å². The highest BCUT2D eigenvalue weighted by Crippen LogP contribution is 2.48. The van der Waals surface area contributed by atoms with Crippen LogP contribution in [-0.2, 0) is 9.59 Å². The number of alkyl halides is 2. The van der Waals surface area contributed by atoms with Gasteiger partial charge in [-0.2, -0.15) is 0 Å². The topological polar surface area (TPSA) is 77.0 Å². The van der Waals surface area contributed by atoms with Crippen molar-refractivity contribution in [3.05, 3.63) is 59.5 Å². The SMILES string of the molecule is C=CC(=O)N1CCN2c3c(cnc4c(F)c(-c5c(O)cccc5C(F)F)c(Cl)cc34)N(C)C(=O)[C@H]2C1. The number of carbonyl (C=O) groups excluding carboxylic acids is 2. The Kier molecular flexibility index (Phi) is 5.78. The van der Waals surface area contributed by atoms with Crippen LogP contribution in [0.25, 0.3) is 22.0 Å². The van der Waals surface area contributed by atoms with Crippen molar-refractivity contribution in [2.75, 3.05) is 36.5 Å². The Morgan fingerprint density at radius 1 is 1.31 bits per heavy atom. The second-order valence-corrected chi connectivity index (χ2v) is 8.98. The highest BCUT2D eigenvalue weighted by molar-refractivity contribution is 6.35. The maximum atomic E-state index is 16.0. The van der Waals surface area contributed by atoms with Gasteiger partial charge in [0.25, 0.3) is 12.3 Å². The molecule has 2 aliphatic heterocycles. The van der Waals surface area contributed by atoms with Crippen molar-refractivity contribution in [1.29, 1.82) is 0 Å². The molecule has 1 atom stereocenters. The molecule has 1 aromatic heterocycles. The summed E-state index contributed by atoms with van der Waals surface area (Å²) in [5.74, 6) is -2.07. The molecule has 1 N–H and O–H groups in total. The molecular weight excluding hydrogens is 497 g/mol. The number of carbonyl (C=O) groups is 2. The summed E-state index contributed by atoms with van der Waals surface area (Å²) >= 11 is 6.47. The Morgan fingerprint density at radius 3 is 2.75 bits per heavy atom. The zero-order valence-electron chi connectivity index (χ0n) is 19.0. The van der Waals surface area contributed by atoms with E-state index in [0.717, 1.165) is 6.07 Å². The predicted molar refractivity (Wildman–Crippen MR) is 130 cm³/mol. The number of piperazine rings is 1. The first kappa shape index (κ1) is 23.9. The van der Waals surface area contributed by atoms with Gasteiger partial charge in [0.2, 0.25) is 5.91 Å². The third-order valence-electron chi connectivity index (χ3n) is 6.70. The number of phenols is 1. The van der Waals surface area contributed by atoms with Gasteiger partial charge in [-0.05, 0) is 18.2 Å². The fourth-order valence-corrected chi connectivity index (χ4v) is 5.25. The quantitative estimate of drug-likeness (QED) is 0.518. The molecule has 186 valence electrons. The summed E-state index contributed by atoms with van der Waals surface area (Å²) in [6, 6.07) is 4.19. The molecule has 2 aliphatic rings. The van der Waals surface area contributed by atoms with Crippen LogP contribution in [0.2, 0.25) is 5.02 Å². The molecule has 5 rings (SSSR count). The molecule has 1 fully saturated rings. The number of rotatable bonds is 3. The van der Waals surface area contributed by atoms with Crippen LogP contribution in [-0.4, -0.2) is 59.5 Å². The normalized spacial score (nSPS) is 17.4. The average molecular weight is 517 g/mol. The minimum Gasteiger partial charge on any atom is -0.507 e. The molecule has 3 heterocycles. The lowest BCUT2D eigenvalue weighted by molar-refractivity contribution is -0.128. The molecule has 3 aromatic rings. The molecule has 11 heteroatoms. The van der Waals surface area contributed by atoms with Crippen LogP contribution in [0.5, 0.6) is 5.75 Å². The van der Waals surface area contributed by atoms with Crippen LogP contribution in [0.4, 0.5) is 24.5 Å². The van der Waals surface area contributed by atoms with Crippen LogP contribution in [0, 0.1) is 5.82 Å². The highest BCUT2D eigenvalue weighted by Gasteiger charge is 2.42. The summed E-state index contributed by atoms with van der Waals surface area (Å²) < 4.78 is 43.4. The minimum absolute atomic E-state index is 0.112. The number of anilines is 2. The van der Waals surface area contributed by atoms with E-state index in [-0.39, 0.29) is 46.4 Å². The Balaban J connectivity index is 1.73. The lowest BCUT2D eigenvalue weighted by Gasteiger charge is -2.47. The third kappa shape index (κ3) is 3.47. The Bertz CT molecular complexity index is 1450. The smallest absolute Gasteiger partial charge is 0.264 e. The number of pyridine rings is 1. The summed E-state index contributed by atoms with van der Waals surface area (Å²) in [6.45, 7) is 4.20. The summed E-state index contributed by atoms with van der Waals surface area (Å²) in [6.07, 6.45) is -0.458. The van der Waals surface area contributed by atoms with Gasteiger partial charge >= 0.3 is 0 Å². The number of likely N-dealkylation sites (N-methyl/N-ethyl adjacent to an activating group) is 1. The fraction of sp³-hybridized carbons (Fsp3) is 0.240. The van der Waals surface area contributed by atoms with Gasteiger partial charge < -0.3 is 19.8 Å². The van der Waals surface area contributed by atoms with Crippen LogP contribution in [0.1, 0.15) is 12.0 Å². The summed E-state index contributed by atoms with van der Waals surface area (Å²) in [5, 5.41) is 10.4. The lowest BCUT2D eigenvalue weighted by Crippen LogP contribution is -2.62. The van der Waals surface area contributed by atoms with Gasteiger partial charge in [-0.25, -0.2) is 13.2 Å². The number of aromatic nitrogens is 1. The van der Waals surface area contributed by atoms with E-state index >= 15 is 4.39 Å². The maximum Gasteiger partial charge on any atom is 0.264 e. The van der Waals surface area contributed by atoms with E-state index in [1.165, 1.54) is 40.3 Å². The summed E-state index contributed by atoms with van der Waals surface area (Å²) in [7, 11) is 1.56. The van der Waals surface area contributed by atoms with Crippen LogP contribution in [0.3, 0.4) is 0 Å². The molecule has 1 saturated heterocycles. The third-order valence-corrected chi connectivity index (χ3v) is 6.99. The average Bonchev–Trinajstić information content (AvgIpc) is 2.86. The minimum atomic E-state index is -2.98. The molecular formula is C25H20ClF3N4O3. The van der Waals surface area contributed by atoms with Gasteiger partial charge in [-0.1, -0.05) is 30.3 Å². The fourth-order valence-electron chi connectivity index (χ4n) is 4.96. The molecule has 0 unspecified atom stereocenters.